The molecule has 0 saturated carbocycles. The third-order valence-corrected chi connectivity index (χ3v) is 5.09. The molecule has 1 aliphatic heterocycles. The summed E-state index contributed by atoms with van der Waals surface area (Å²) < 4.78 is 16.2. The van der Waals surface area contributed by atoms with Gasteiger partial charge in [-0.2, -0.15) is 5.10 Å². The van der Waals surface area contributed by atoms with Gasteiger partial charge in [0, 0.05) is 13.2 Å². The number of hydrazone groups is 1. The van der Waals surface area contributed by atoms with Crippen LogP contribution in [0.3, 0.4) is 0 Å². The zero-order valence-corrected chi connectivity index (χ0v) is 17.0. The molecule has 0 unspecified atom stereocenters. The predicted octanol–water partition coefficient (Wildman–Crippen LogP) is 2.95. The molecule has 9 heteroatoms. The van der Waals surface area contributed by atoms with E-state index in [4.69, 9.17) is 26.4 Å². The van der Waals surface area contributed by atoms with Crippen LogP contribution in [0, 0.1) is 0 Å². The largest absolute Gasteiger partial charge is 0.493 e. The Kier molecular flexibility index (Phi) is 7.35. The average Bonchev–Trinajstić information content (AvgIpc) is 3.41. The molecule has 1 fully saturated rings. The van der Waals surface area contributed by atoms with Crippen LogP contribution in [0.4, 0.5) is 0 Å². The van der Waals surface area contributed by atoms with E-state index in [9.17, 15) is 4.79 Å². The second kappa shape index (κ2) is 10.2. The Morgan fingerprint density at radius 2 is 2.32 bits per heavy atom. The monoisotopic (exact) mass is 419 g/mol. The molecule has 1 aromatic heterocycles. The molecule has 0 amide bonds. The number of carbonyl (C=O) groups is 1. The van der Waals surface area contributed by atoms with E-state index in [1.165, 1.54) is 18.4 Å². The summed E-state index contributed by atoms with van der Waals surface area (Å²) in [6.45, 7) is 1.48. The van der Waals surface area contributed by atoms with Crippen LogP contribution in [-0.2, 0) is 4.74 Å². The van der Waals surface area contributed by atoms with Crippen molar-refractivity contribution in [1.29, 1.82) is 0 Å². The second-order valence-electron chi connectivity index (χ2n) is 5.99. The Balaban J connectivity index is 1.53. The Morgan fingerprint density at radius 1 is 1.43 bits per heavy atom. The van der Waals surface area contributed by atoms with Crippen molar-refractivity contribution in [2.45, 2.75) is 18.9 Å². The molecule has 2 heterocycles. The fraction of sp³-hybridized carbons (Fsp3) is 0.316. The van der Waals surface area contributed by atoms with Gasteiger partial charge in [0.25, 0.3) is 0 Å². The SMILES string of the molecule is COc1cc(/C=N\NC(=S)NC[C@@H]2CCCO2)ccc1OC(=O)c1cccs1. The number of hydrogen-bond acceptors (Lipinski definition) is 7. The molecule has 1 atom stereocenters. The van der Waals surface area contributed by atoms with Crippen molar-refractivity contribution in [3.8, 4) is 11.5 Å². The number of methoxy groups -OCH3 is 1. The van der Waals surface area contributed by atoms with Gasteiger partial charge >= 0.3 is 5.97 Å². The summed E-state index contributed by atoms with van der Waals surface area (Å²) in [5.41, 5.74) is 3.53. The van der Waals surface area contributed by atoms with Gasteiger partial charge in [-0.05, 0) is 60.3 Å². The van der Waals surface area contributed by atoms with E-state index < -0.39 is 5.97 Å². The number of thiophene rings is 1. The van der Waals surface area contributed by atoms with Crippen LogP contribution < -0.4 is 20.2 Å². The van der Waals surface area contributed by atoms with Crippen LogP contribution in [0.1, 0.15) is 28.1 Å². The zero-order chi connectivity index (χ0) is 19.8. The van der Waals surface area contributed by atoms with Gasteiger partial charge in [0.05, 0.1) is 19.4 Å². The van der Waals surface area contributed by atoms with E-state index in [1.807, 2.05) is 5.38 Å². The quantitative estimate of drug-likeness (QED) is 0.235. The van der Waals surface area contributed by atoms with Gasteiger partial charge in [0.15, 0.2) is 16.6 Å². The summed E-state index contributed by atoms with van der Waals surface area (Å²) in [5.74, 6) is 0.367. The first-order chi connectivity index (χ1) is 13.7. The van der Waals surface area contributed by atoms with E-state index in [1.54, 1.807) is 36.5 Å². The Morgan fingerprint density at radius 3 is 3.04 bits per heavy atom. The number of rotatable bonds is 7. The lowest BCUT2D eigenvalue weighted by Gasteiger charge is -2.12. The smallest absolute Gasteiger partial charge is 0.353 e. The van der Waals surface area contributed by atoms with Crippen LogP contribution in [0.5, 0.6) is 11.5 Å². The lowest BCUT2D eigenvalue weighted by molar-refractivity contribution is 0.0735. The summed E-state index contributed by atoms with van der Waals surface area (Å²) in [4.78, 5) is 12.6. The van der Waals surface area contributed by atoms with E-state index >= 15 is 0 Å². The molecule has 3 rings (SSSR count). The highest BCUT2D eigenvalue weighted by molar-refractivity contribution is 7.80. The number of nitrogens with zero attached hydrogens (tertiary/aromatic N) is 1. The number of thiocarbonyl (C=S) groups is 1. The van der Waals surface area contributed by atoms with Crippen LogP contribution in [-0.4, -0.2) is 43.7 Å². The summed E-state index contributed by atoms with van der Waals surface area (Å²) in [6.07, 6.45) is 3.94. The third kappa shape index (κ3) is 5.75. The molecular weight excluding hydrogens is 398 g/mol. The van der Waals surface area contributed by atoms with Gasteiger partial charge in [0.2, 0.25) is 0 Å². The van der Waals surface area contributed by atoms with Gasteiger partial charge in [-0.1, -0.05) is 6.07 Å². The fourth-order valence-electron chi connectivity index (χ4n) is 2.61. The molecule has 0 radical (unpaired) electrons. The van der Waals surface area contributed by atoms with Crippen molar-refractivity contribution in [1.82, 2.24) is 10.7 Å². The van der Waals surface area contributed by atoms with Crippen molar-refractivity contribution < 1.29 is 19.0 Å². The van der Waals surface area contributed by atoms with Gasteiger partial charge in [-0.3, -0.25) is 5.43 Å². The number of esters is 1. The van der Waals surface area contributed by atoms with Crippen molar-refractivity contribution >= 4 is 40.9 Å². The number of ether oxygens (including phenoxy) is 3. The highest BCUT2D eigenvalue weighted by Gasteiger charge is 2.15. The molecule has 0 bridgehead atoms. The maximum atomic E-state index is 12.1. The summed E-state index contributed by atoms with van der Waals surface area (Å²) in [6, 6.07) is 8.67. The maximum Gasteiger partial charge on any atom is 0.353 e. The van der Waals surface area contributed by atoms with Crippen molar-refractivity contribution in [2.24, 2.45) is 5.10 Å². The minimum absolute atomic E-state index is 0.206. The molecule has 7 nitrogen and oxygen atoms in total. The number of carbonyl (C=O) groups excluding carboxylic acids is 1. The fourth-order valence-corrected chi connectivity index (χ4v) is 3.35. The lowest BCUT2D eigenvalue weighted by Crippen LogP contribution is -2.37. The van der Waals surface area contributed by atoms with Crippen molar-refractivity contribution in [3.63, 3.8) is 0 Å². The minimum atomic E-state index is -0.418. The molecule has 2 N–H and O–H groups in total. The Bertz CT molecular complexity index is 834. The first-order valence-corrected chi connectivity index (χ1v) is 10.1. The zero-order valence-electron chi connectivity index (χ0n) is 15.3. The number of hydrogen-bond donors (Lipinski definition) is 2. The number of nitrogens with one attached hydrogen (secondary N) is 2. The lowest BCUT2D eigenvalue weighted by atomic mass is 10.2. The first-order valence-electron chi connectivity index (χ1n) is 8.78. The van der Waals surface area contributed by atoms with Gasteiger partial charge in [-0.15, -0.1) is 11.3 Å². The van der Waals surface area contributed by atoms with Gasteiger partial charge < -0.3 is 19.5 Å². The molecule has 148 valence electrons. The Hall–Kier alpha value is -2.49. The van der Waals surface area contributed by atoms with E-state index in [2.05, 4.69) is 15.8 Å². The summed E-state index contributed by atoms with van der Waals surface area (Å²) in [5, 5.41) is 9.44. The normalized spacial score (nSPS) is 16.1. The molecule has 1 aliphatic rings. The highest BCUT2D eigenvalue weighted by atomic mass is 32.1. The number of benzene rings is 1. The molecule has 28 heavy (non-hydrogen) atoms. The van der Waals surface area contributed by atoms with E-state index in [0.717, 1.165) is 25.0 Å². The molecule has 0 aliphatic carbocycles. The summed E-state index contributed by atoms with van der Waals surface area (Å²) in [7, 11) is 1.52. The van der Waals surface area contributed by atoms with Crippen LogP contribution in [0.15, 0.2) is 40.8 Å². The molecular formula is C19H21N3O4S2. The molecule has 1 saturated heterocycles. The third-order valence-electron chi connectivity index (χ3n) is 4.01. The standard InChI is InChI=1S/C19H21N3O4S2/c1-24-16-10-13(6-7-15(16)26-18(23)17-5-3-9-28-17)11-21-22-19(27)20-12-14-4-2-8-25-14/h3,5-7,9-11,14H,2,4,8,12H2,1H3,(H2,20,22,27)/b21-11-/t14-/m0/s1. The molecule has 0 spiro atoms. The minimum Gasteiger partial charge on any atom is -0.493 e. The predicted molar refractivity (Wildman–Crippen MR) is 113 cm³/mol. The van der Waals surface area contributed by atoms with Crippen molar-refractivity contribution in [3.05, 3.63) is 46.2 Å². The van der Waals surface area contributed by atoms with Crippen molar-refractivity contribution in [2.75, 3.05) is 20.3 Å². The average molecular weight is 420 g/mol. The van der Waals surface area contributed by atoms with Gasteiger partial charge in [0.1, 0.15) is 4.88 Å². The summed E-state index contributed by atoms with van der Waals surface area (Å²) >= 11 is 6.51. The molecule has 1 aromatic carbocycles. The Labute approximate surface area is 172 Å². The molecule has 2 aromatic rings. The van der Waals surface area contributed by atoms with E-state index in [0.29, 0.717) is 28.0 Å². The van der Waals surface area contributed by atoms with Crippen LogP contribution in [0.2, 0.25) is 0 Å². The van der Waals surface area contributed by atoms with Crippen LogP contribution in [0.25, 0.3) is 0 Å². The topological polar surface area (TPSA) is 81.2 Å². The van der Waals surface area contributed by atoms with Gasteiger partial charge in [-0.25, -0.2) is 4.79 Å². The van der Waals surface area contributed by atoms with E-state index in [-0.39, 0.29) is 6.10 Å². The second-order valence-corrected chi connectivity index (χ2v) is 7.35. The maximum absolute atomic E-state index is 12.1. The van der Waals surface area contributed by atoms with Crippen LogP contribution >= 0.6 is 23.6 Å². The highest BCUT2D eigenvalue weighted by Crippen LogP contribution is 2.28. The first kappa shape index (κ1) is 20.2.